The molecule has 2 heterocycles. The summed E-state index contributed by atoms with van der Waals surface area (Å²) in [6.45, 7) is 3.25. The number of amides is 2. The Morgan fingerprint density at radius 2 is 1.90 bits per heavy atom. The summed E-state index contributed by atoms with van der Waals surface area (Å²) in [7, 11) is 0. The molecule has 4 rings (SSSR count). The highest BCUT2D eigenvalue weighted by molar-refractivity contribution is 6.30. The number of halogens is 1. The molecule has 0 bridgehead atoms. The number of hydrogen-bond acceptors (Lipinski definition) is 4. The van der Waals surface area contributed by atoms with Gasteiger partial charge in [0.05, 0.1) is 11.3 Å². The van der Waals surface area contributed by atoms with Gasteiger partial charge in [0.1, 0.15) is 5.82 Å². The number of anilines is 1. The van der Waals surface area contributed by atoms with Crippen molar-refractivity contribution in [2.45, 2.75) is 51.4 Å². The number of carbonyl (C=O) groups excluding carboxylic acids is 2. The molecule has 1 N–H and O–H groups in total. The lowest BCUT2D eigenvalue weighted by Gasteiger charge is -2.18. The fraction of sp³-hybridized carbons (Fsp3) is 0.478. The van der Waals surface area contributed by atoms with Crippen LogP contribution >= 0.6 is 11.6 Å². The molecule has 2 amide bonds. The highest BCUT2D eigenvalue weighted by Gasteiger charge is 2.31. The zero-order chi connectivity index (χ0) is 21.1. The Morgan fingerprint density at radius 3 is 2.60 bits per heavy atom. The maximum absolute atomic E-state index is 12.6. The van der Waals surface area contributed by atoms with Gasteiger partial charge in [-0.15, -0.1) is 0 Å². The van der Waals surface area contributed by atoms with Crippen molar-refractivity contribution in [1.82, 2.24) is 14.9 Å². The highest BCUT2D eigenvalue weighted by atomic mass is 35.5. The summed E-state index contributed by atoms with van der Waals surface area (Å²) in [5.41, 5.74) is 1.75. The lowest BCUT2D eigenvalue weighted by atomic mass is 10.0. The van der Waals surface area contributed by atoms with Crippen LogP contribution in [0.3, 0.4) is 0 Å². The second-order valence-electron chi connectivity index (χ2n) is 8.37. The third kappa shape index (κ3) is 4.81. The van der Waals surface area contributed by atoms with Gasteiger partial charge in [-0.3, -0.25) is 9.59 Å². The first kappa shape index (κ1) is 20.8. The van der Waals surface area contributed by atoms with E-state index in [2.05, 4.69) is 15.3 Å². The zero-order valence-electron chi connectivity index (χ0n) is 17.2. The van der Waals surface area contributed by atoms with Gasteiger partial charge in [-0.1, -0.05) is 24.4 Å². The van der Waals surface area contributed by atoms with Gasteiger partial charge in [-0.25, -0.2) is 9.97 Å². The van der Waals surface area contributed by atoms with Gasteiger partial charge in [0.2, 0.25) is 5.91 Å². The molecule has 1 unspecified atom stereocenters. The van der Waals surface area contributed by atoms with Crippen LogP contribution in [0.25, 0.3) is 0 Å². The van der Waals surface area contributed by atoms with Crippen molar-refractivity contribution < 1.29 is 9.59 Å². The Morgan fingerprint density at radius 1 is 1.17 bits per heavy atom. The quantitative estimate of drug-likeness (QED) is 0.758. The van der Waals surface area contributed by atoms with Crippen molar-refractivity contribution in [3.8, 4) is 0 Å². The van der Waals surface area contributed by atoms with E-state index in [9.17, 15) is 9.59 Å². The monoisotopic (exact) mass is 426 g/mol. The van der Waals surface area contributed by atoms with E-state index in [0.717, 1.165) is 13.0 Å². The van der Waals surface area contributed by atoms with Crippen LogP contribution in [0.5, 0.6) is 0 Å². The lowest BCUT2D eigenvalue weighted by molar-refractivity contribution is -0.131. The molecule has 1 aliphatic carbocycles. The summed E-state index contributed by atoms with van der Waals surface area (Å²) in [5, 5.41) is 3.46. The third-order valence-corrected chi connectivity index (χ3v) is 6.44. The molecule has 1 atom stereocenters. The maximum Gasteiger partial charge on any atom is 0.259 e. The molecule has 7 heteroatoms. The lowest BCUT2D eigenvalue weighted by Crippen LogP contribution is -2.29. The number of rotatable bonds is 5. The van der Waals surface area contributed by atoms with Crippen LogP contribution in [0, 0.1) is 12.8 Å². The summed E-state index contributed by atoms with van der Waals surface area (Å²) in [5.74, 6) is 1.42. The molecule has 30 heavy (non-hydrogen) atoms. The normalized spacial score (nSPS) is 19.3. The Labute approximate surface area is 182 Å². The fourth-order valence-corrected chi connectivity index (χ4v) is 4.55. The molecule has 1 aromatic carbocycles. The van der Waals surface area contributed by atoms with E-state index < -0.39 is 0 Å². The second kappa shape index (κ2) is 9.13. The zero-order valence-corrected chi connectivity index (χ0v) is 18.0. The summed E-state index contributed by atoms with van der Waals surface area (Å²) in [6.07, 6.45) is 8.02. The van der Waals surface area contributed by atoms with Gasteiger partial charge in [0, 0.05) is 42.3 Å². The van der Waals surface area contributed by atoms with Crippen molar-refractivity contribution in [1.29, 1.82) is 0 Å². The minimum atomic E-state index is -0.249. The van der Waals surface area contributed by atoms with Gasteiger partial charge >= 0.3 is 0 Å². The van der Waals surface area contributed by atoms with Crippen molar-refractivity contribution in [2.24, 2.45) is 5.92 Å². The van der Waals surface area contributed by atoms with E-state index in [-0.39, 0.29) is 17.7 Å². The van der Waals surface area contributed by atoms with E-state index in [1.807, 2.05) is 11.8 Å². The SMILES string of the molecule is Cc1nc(C2CCN(C(=O)CC3CCCC3)C2)ncc1C(=O)Nc1ccc(Cl)cc1. The van der Waals surface area contributed by atoms with Crippen LogP contribution < -0.4 is 5.32 Å². The molecule has 2 fully saturated rings. The molecule has 6 nitrogen and oxygen atoms in total. The summed E-state index contributed by atoms with van der Waals surface area (Å²) < 4.78 is 0. The van der Waals surface area contributed by atoms with E-state index in [4.69, 9.17) is 11.6 Å². The largest absolute Gasteiger partial charge is 0.342 e. The number of hydrogen-bond donors (Lipinski definition) is 1. The van der Waals surface area contributed by atoms with Gasteiger partial charge < -0.3 is 10.2 Å². The van der Waals surface area contributed by atoms with Gasteiger partial charge in [-0.2, -0.15) is 0 Å². The number of likely N-dealkylation sites (tertiary alicyclic amines) is 1. The Kier molecular flexibility index (Phi) is 6.32. The predicted molar refractivity (Wildman–Crippen MR) is 117 cm³/mol. The number of aromatic nitrogens is 2. The molecular formula is C23H27ClN4O2. The molecule has 1 saturated carbocycles. The Hall–Kier alpha value is -2.47. The Bertz CT molecular complexity index is 925. The number of nitrogens with zero attached hydrogens (tertiary/aromatic N) is 3. The van der Waals surface area contributed by atoms with Crippen LogP contribution in [0.2, 0.25) is 5.02 Å². The standard InChI is InChI=1S/C23H27ClN4O2/c1-15-20(23(30)27-19-8-6-18(24)7-9-19)13-25-22(26-15)17-10-11-28(14-17)21(29)12-16-4-2-3-5-16/h6-9,13,16-17H,2-5,10-12,14H2,1H3,(H,27,30). The highest BCUT2D eigenvalue weighted by Crippen LogP contribution is 2.30. The average Bonchev–Trinajstić information content (AvgIpc) is 3.41. The smallest absolute Gasteiger partial charge is 0.259 e. The van der Waals surface area contributed by atoms with Crippen LogP contribution in [-0.4, -0.2) is 39.8 Å². The molecule has 1 aliphatic heterocycles. The van der Waals surface area contributed by atoms with Crippen molar-refractivity contribution in [2.75, 3.05) is 18.4 Å². The van der Waals surface area contributed by atoms with Crippen LogP contribution in [-0.2, 0) is 4.79 Å². The summed E-state index contributed by atoms with van der Waals surface area (Å²) in [6, 6.07) is 6.95. The number of nitrogens with one attached hydrogen (secondary N) is 1. The van der Waals surface area contributed by atoms with Crippen LogP contribution in [0.4, 0.5) is 5.69 Å². The molecular weight excluding hydrogens is 400 g/mol. The summed E-state index contributed by atoms with van der Waals surface area (Å²) >= 11 is 5.88. The first-order valence-electron chi connectivity index (χ1n) is 10.7. The second-order valence-corrected chi connectivity index (χ2v) is 8.80. The first-order valence-corrected chi connectivity index (χ1v) is 11.1. The number of aryl methyl sites for hydroxylation is 1. The molecule has 0 spiro atoms. The van der Waals surface area contributed by atoms with E-state index in [1.165, 1.54) is 25.7 Å². The van der Waals surface area contributed by atoms with Gasteiger partial charge in [0.25, 0.3) is 5.91 Å². The van der Waals surface area contributed by atoms with Crippen molar-refractivity contribution >= 4 is 29.1 Å². The molecule has 2 aliphatic rings. The first-order chi connectivity index (χ1) is 14.5. The van der Waals surface area contributed by atoms with Gasteiger partial charge in [0.15, 0.2) is 0 Å². The molecule has 1 saturated heterocycles. The molecule has 0 radical (unpaired) electrons. The van der Waals surface area contributed by atoms with E-state index in [0.29, 0.717) is 46.7 Å². The topological polar surface area (TPSA) is 75.2 Å². The van der Waals surface area contributed by atoms with Crippen LogP contribution in [0.1, 0.15) is 66.3 Å². The fourth-order valence-electron chi connectivity index (χ4n) is 4.42. The minimum Gasteiger partial charge on any atom is -0.342 e. The van der Waals surface area contributed by atoms with Crippen molar-refractivity contribution in [3.05, 3.63) is 52.6 Å². The molecule has 2 aromatic rings. The third-order valence-electron chi connectivity index (χ3n) is 6.19. The minimum absolute atomic E-state index is 0.129. The number of benzene rings is 1. The predicted octanol–water partition coefficient (Wildman–Crippen LogP) is 4.59. The molecule has 158 valence electrons. The number of carbonyl (C=O) groups is 2. The van der Waals surface area contributed by atoms with Crippen LogP contribution in [0.15, 0.2) is 30.5 Å². The Balaban J connectivity index is 1.37. The van der Waals surface area contributed by atoms with E-state index in [1.54, 1.807) is 30.5 Å². The maximum atomic E-state index is 12.6. The average molecular weight is 427 g/mol. The van der Waals surface area contributed by atoms with Gasteiger partial charge in [-0.05, 0) is 56.4 Å². The summed E-state index contributed by atoms with van der Waals surface area (Å²) in [4.78, 5) is 36.2. The van der Waals surface area contributed by atoms with Crippen molar-refractivity contribution in [3.63, 3.8) is 0 Å². The van der Waals surface area contributed by atoms with E-state index >= 15 is 0 Å². The molecule has 1 aromatic heterocycles.